The van der Waals surface area contributed by atoms with E-state index in [-0.39, 0.29) is 21.3 Å². The lowest BCUT2D eigenvalue weighted by Gasteiger charge is -2.10. The Hall–Kier alpha value is -2.28. The topological polar surface area (TPSA) is 66.4 Å². The Morgan fingerprint density at radius 2 is 1.81 bits per heavy atom. The van der Waals surface area contributed by atoms with E-state index in [1.807, 2.05) is 0 Å². The number of carboxylic acid groups (broad SMARTS) is 1. The number of anilines is 1. The first-order valence-corrected chi connectivity index (χ1v) is 6.47. The highest BCUT2D eigenvalue weighted by atomic mass is 79.9. The van der Waals surface area contributed by atoms with Crippen LogP contribution >= 0.6 is 15.9 Å². The predicted molar refractivity (Wildman–Crippen MR) is 75.4 cm³/mol. The number of carbonyl (C=O) groups is 2. The highest BCUT2D eigenvalue weighted by molar-refractivity contribution is 9.10. The molecule has 0 heterocycles. The van der Waals surface area contributed by atoms with Crippen LogP contribution in [0.2, 0.25) is 0 Å². The van der Waals surface area contributed by atoms with Crippen LogP contribution in [0.5, 0.6) is 0 Å². The largest absolute Gasteiger partial charge is 0.478 e. The second kappa shape index (κ2) is 6.01. The number of hydrogen-bond acceptors (Lipinski definition) is 2. The second-order valence-corrected chi connectivity index (χ2v) is 4.84. The highest BCUT2D eigenvalue weighted by Gasteiger charge is 2.17. The molecule has 2 aromatic carbocycles. The van der Waals surface area contributed by atoms with Crippen molar-refractivity contribution >= 4 is 33.5 Å². The summed E-state index contributed by atoms with van der Waals surface area (Å²) in [6.45, 7) is 0. The maximum Gasteiger partial charge on any atom is 0.337 e. The number of carbonyl (C=O) groups excluding carboxylic acids is 1. The summed E-state index contributed by atoms with van der Waals surface area (Å²) in [4.78, 5) is 23.1. The van der Waals surface area contributed by atoms with E-state index in [9.17, 15) is 18.4 Å². The maximum absolute atomic E-state index is 13.4. The Balaban J connectivity index is 2.38. The van der Waals surface area contributed by atoms with Gasteiger partial charge in [0.2, 0.25) is 0 Å². The van der Waals surface area contributed by atoms with Gasteiger partial charge >= 0.3 is 5.97 Å². The van der Waals surface area contributed by atoms with E-state index in [4.69, 9.17) is 5.11 Å². The molecule has 7 heteroatoms. The second-order valence-electron chi connectivity index (χ2n) is 4.05. The van der Waals surface area contributed by atoms with E-state index in [2.05, 4.69) is 21.2 Å². The Morgan fingerprint density at radius 1 is 1.10 bits per heavy atom. The summed E-state index contributed by atoms with van der Waals surface area (Å²) in [7, 11) is 0. The Labute approximate surface area is 126 Å². The van der Waals surface area contributed by atoms with Gasteiger partial charge in [-0.1, -0.05) is 6.07 Å². The lowest BCUT2D eigenvalue weighted by Crippen LogP contribution is -2.16. The van der Waals surface area contributed by atoms with Crippen molar-refractivity contribution < 1.29 is 23.5 Å². The third-order valence-corrected chi connectivity index (χ3v) is 3.46. The summed E-state index contributed by atoms with van der Waals surface area (Å²) in [5.74, 6) is -3.41. The SMILES string of the molecule is O=C(O)c1ccc(F)cc1NC(=O)c1cccc(F)c1Br. The molecule has 21 heavy (non-hydrogen) atoms. The number of nitrogens with one attached hydrogen (secondary N) is 1. The fraction of sp³-hybridized carbons (Fsp3) is 0. The Kier molecular flexibility index (Phi) is 4.32. The van der Waals surface area contributed by atoms with Gasteiger partial charge in [0.15, 0.2) is 0 Å². The quantitative estimate of drug-likeness (QED) is 0.882. The summed E-state index contributed by atoms with van der Waals surface area (Å²) in [5, 5.41) is 11.3. The molecule has 0 saturated carbocycles. The van der Waals surface area contributed by atoms with Crippen LogP contribution in [-0.2, 0) is 0 Å². The molecule has 0 saturated heterocycles. The number of aromatic carboxylic acids is 1. The van der Waals surface area contributed by atoms with Crippen molar-refractivity contribution in [3.05, 3.63) is 63.6 Å². The first-order valence-electron chi connectivity index (χ1n) is 5.68. The van der Waals surface area contributed by atoms with E-state index in [1.165, 1.54) is 12.1 Å². The van der Waals surface area contributed by atoms with Gasteiger partial charge < -0.3 is 10.4 Å². The lowest BCUT2D eigenvalue weighted by molar-refractivity contribution is 0.0698. The molecular weight excluding hydrogens is 348 g/mol. The standard InChI is InChI=1S/C14H8BrF2NO3/c15-12-9(2-1-3-10(12)17)13(19)18-11-6-7(16)4-5-8(11)14(20)21/h1-6H,(H,18,19)(H,20,21). The van der Waals surface area contributed by atoms with Gasteiger partial charge in [0.05, 0.1) is 21.3 Å². The number of hydrogen-bond donors (Lipinski definition) is 2. The molecule has 0 unspecified atom stereocenters. The number of amides is 1. The van der Waals surface area contributed by atoms with Crippen molar-refractivity contribution in [2.24, 2.45) is 0 Å². The van der Waals surface area contributed by atoms with Crippen molar-refractivity contribution in [3.8, 4) is 0 Å². The molecule has 4 nitrogen and oxygen atoms in total. The van der Waals surface area contributed by atoms with E-state index in [1.54, 1.807) is 0 Å². The van der Waals surface area contributed by atoms with Crippen molar-refractivity contribution in [3.63, 3.8) is 0 Å². The predicted octanol–water partition coefficient (Wildman–Crippen LogP) is 3.68. The van der Waals surface area contributed by atoms with Crippen LogP contribution < -0.4 is 5.32 Å². The molecule has 1 amide bonds. The molecular formula is C14H8BrF2NO3. The molecule has 2 N–H and O–H groups in total. The summed E-state index contributed by atoms with van der Waals surface area (Å²) in [5.41, 5.74) is -0.503. The normalized spacial score (nSPS) is 10.2. The summed E-state index contributed by atoms with van der Waals surface area (Å²) in [6.07, 6.45) is 0. The van der Waals surface area contributed by atoms with Crippen LogP contribution in [0.25, 0.3) is 0 Å². The van der Waals surface area contributed by atoms with Crippen molar-refractivity contribution in [1.82, 2.24) is 0 Å². The molecule has 0 fully saturated rings. The highest BCUT2D eigenvalue weighted by Crippen LogP contribution is 2.23. The molecule has 2 aromatic rings. The Morgan fingerprint density at radius 3 is 2.48 bits per heavy atom. The molecule has 0 aliphatic carbocycles. The van der Waals surface area contributed by atoms with Gasteiger partial charge in [-0.05, 0) is 46.3 Å². The summed E-state index contributed by atoms with van der Waals surface area (Å²) in [6, 6.07) is 6.73. The molecule has 108 valence electrons. The van der Waals surface area contributed by atoms with Gasteiger partial charge in [-0.25, -0.2) is 13.6 Å². The summed E-state index contributed by atoms with van der Waals surface area (Å²) < 4.78 is 26.5. The first-order chi connectivity index (χ1) is 9.90. The average Bonchev–Trinajstić information content (AvgIpc) is 2.41. The van der Waals surface area contributed by atoms with Gasteiger partial charge in [0.25, 0.3) is 5.91 Å². The van der Waals surface area contributed by atoms with E-state index < -0.39 is 23.5 Å². The van der Waals surface area contributed by atoms with Crippen molar-refractivity contribution in [2.45, 2.75) is 0 Å². The lowest BCUT2D eigenvalue weighted by atomic mass is 10.1. The van der Waals surface area contributed by atoms with Crippen LogP contribution in [0, 0.1) is 11.6 Å². The average molecular weight is 356 g/mol. The van der Waals surface area contributed by atoms with Crippen LogP contribution in [0.4, 0.5) is 14.5 Å². The smallest absolute Gasteiger partial charge is 0.337 e. The minimum absolute atomic E-state index is 0.0319. The minimum atomic E-state index is -1.32. The zero-order chi connectivity index (χ0) is 15.6. The van der Waals surface area contributed by atoms with Gasteiger partial charge in [-0.15, -0.1) is 0 Å². The summed E-state index contributed by atoms with van der Waals surface area (Å²) >= 11 is 2.93. The van der Waals surface area contributed by atoms with E-state index >= 15 is 0 Å². The molecule has 0 aliphatic heterocycles. The monoisotopic (exact) mass is 355 g/mol. The molecule has 0 spiro atoms. The van der Waals surface area contributed by atoms with E-state index in [0.717, 1.165) is 24.3 Å². The van der Waals surface area contributed by atoms with Gasteiger partial charge in [0, 0.05) is 0 Å². The fourth-order valence-electron chi connectivity index (χ4n) is 1.68. The number of rotatable bonds is 3. The van der Waals surface area contributed by atoms with Crippen LogP contribution in [-0.4, -0.2) is 17.0 Å². The molecule has 0 atom stereocenters. The number of benzene rings is 2. The van der Waals surface area contributed by atoms with Gasteiger partial charge in [-0.3, -0.25) is 4.79 Å². The van der Waals surface area contributed by atoms with Crippen LogP contribution in [0.1, 0.15) is 20.7 Å². The third-order valence-electron chi connectivity index (χ3n) is 2.66. The molecule has 0 aromatic heterocycles. The van der Waals surface area contributed by atoms with Crippen molar-refractivity contribution in [2.75, 3.05) is 5.32 Å². The minimum Gasteiger partial charge on any atom is -0.478 e. The van der Waals surface area contributed by atoms with E-state index in [0.29, 0.717) is 0 Å². The fourth-order valence-corrected chi connectivity index (χ4v) is 2.12. The van der Waals surface area contributed by atoms with Gasteiger partial charge in [-0.2, -0.15) is 0 Å². The zero-order valence-electron chi connectivity index (χ0n) is 10.4. The van der Waals surface area contributed by atoms with Crippen LogP contribution in [0.3, 0.4) is 0 Å². The third kappa shape index (κ3) is 3.25. The number of carboxylic acids is 1. The zero-order valence-corrected chi connectivity index (χ0v) is 11.9. The molecule has 2 rings (SSSR count). The molecule has 0 aliphatic rings. The maximum atomic E-state index is 13.4. The molecule has 0 radical (unpaired) electrons. The molecule has 0 bridgehead atoms. The van der Waals surface area contributed by atoms with Crippen molar-refractivity contribution in [1.29, 1.82) is 0 Å². The van der Waals surface area contributed by atoms with Gasteiger partial charge in [0.1, 0.15) is 11.6 Å². The first kappa shape index (κ1) is 15.1. The van der Waals surface area contributed by atoms with Crippen LogP contribution in [0.15, 0.2) is 40.9 Å². The Bertz CT molecular complexity index is 734. The number of halogens is 3.